The number of carbonyl (C=O) groups is 2. The van der Waals surface area contributed by atoms with Gasteiger partial charge in [-0.15, -0.1) is 0 Å². The summed E-state index contributed by atoms with van der Waals surface area (Å²) in [6.45, 7) is 3.89. The molecule has 0 aromatic heterocycles. The zero-order valence-electron chi connectivity index (χ0n) is 12.1. The summed E-state index contributed by atoms with van der Waals surface area (Å²) >= 11 is 0. The molecule has 0 saturated carbocycles. The van der Waals surface area contributed by atoms with E-state index >= 15 is 0 Å². The summed E-state index contributed by atoms with van der Waals surface area (Å²) in [6.07, 6.45) is 1.34. The van der Waals surface area contributed by atoms with Crippen LogP contribution in [0.1, 0.15) is 41.9 Å². The quantitative estimate of drug-likeness (QED) is 0.833. The fourth-order valence-electron chi connectivity index (χ4n) is 3.20. The van der Waals surface area contributed by atoms with E-state index < -0.39 is 0 Å². The molecule has 5 heteroatoms. The molecule has 2 aliphatic rings. The predicted molar refractivity (Wildman–Crippen MR) is 74.7 cm³/mol. The Kier molecular flexibility index (Phi) is 3.92. The minimum Gasteiger partial charge on any atom is -0.466 e. The Hall–Kier alpha value is -1.88. The lowest BCUT2D eigenvalue weighted by Crippen LogP contribution is -3.13. The molecular weight excluding hydrogens is 270 g/mol. The standard InChI is InChI=1S/C16H19NO4/c1-2-20-15(18)11-7-9-17(10-8-11)14-12-5-3-4-6-13(12)16(19)21-14/h3-6,11,14H,2,7-10H2,1H3/p+1/t14-/m0/s1. The Bertz CT molecular complexity index is 549. The van der Waals surface area contributed by atoms with Crippen molar-refractivity contribution in [3.8, 4) is 0 Å². The van der Waals surface area contributed by atoms with Gasteiger partial charge in [0.05, 0.1) is 36.7 Å². The summed E-state index contributed by atoms with van der Waals surface area (Å²) in [7, 11) is 0. The van der Waals surface area contributed by atoms with Crippen molar-refractivity contribution in [2.24, 2.45) is 5.92 Å². The molecule has 0 unspecified atom stereocenters. The molecule has 0 bridgehead atoms. The first-order valence-corrected chi connectivity index (χ1v) is 7.51. The lowest BCUT2D eigenvalue weighted by molar-refractivity contribution is -0.956. The van der Waals surface area contributed by atoms with E-state index in [0.29, 0.717) is 12.2 Å². The van der Waals surface area contributed by atoms with Gasteiger partial charge in [0.15, 0.2) is 0 Å². The number of benzene rings is 1. The third-order valence-corrected chi connectivity index (χ3v) is 4.31. The Morgan fingerprint density at radius 1 is 1.33 bits per heavy atom. The number of carbonyl (C=O) groups excluding carboxylic acids is 2. The molecule has 1 aromatic carbocycles. The number of hydrogen-bond acceptors (Lipinski definition) is 4. The average molecular weight is 290 g/mol. The molecule has 1 fully saturated rings. The van der Waals surface area contributed by atoms with Crippen molar-refractivity contribution in [2.75, 3.05) is 19.7 Å². The van der Waals surface area contributed by atoms with Crippen LogP contribution in [-0.2, 0) is 14.3 Å². The van der Waals surface area contributed by atoms with Crippen LogP contribution in [0.4, 0.5) is 0 Å². The first kappa shape index (κ1) is 14.1. The molecule has 0 amide bonds. The number of fused-ring (bicyclic) bond motifs is 1. The van der Waals surface area contributed by atoms with Gasteiger partial charge in [-0.3, -0.25) is 9.69 Å². The van der Waals surface area contributed by atoms with Crippen LogP contribution in [0, 0.1) is 5.92 Å². The SMILES string of the molecule is CCOC(=O)C1CC[NH+]([C@H]2OC(=O)c3ccccc32)CC1. The fraction of sp³-hybridized carbons (Fsp3) is 0.500. The van der Waals surface area contributed by atoms with E-state index in [9.17, 15) is 9.59 Å². The number of rotatable bonds is 3. The number of cyclic esters (lactones) is 1. The van der Waals surface area contributed by atoms with Crippen LogP contribution in [0.2, 0.25) is 0 Å². The number of quaternary nitrogens is 1. The number of likely N-dealkylation sites (tertiary alicyclic amines) is 1. The van der Waals surface area contributed by atoms with Crippen LogP contribution in [0.25, 0.3) is 0 Å². The van der Waals surface area contributed by atoms with Crippen LogP contribution in [-0.4, -0.2) is 31.6 Å². The van der Waals surface area contributed by atoms with Gasteiger partial charge < -0.3 is 9.47 Å². The summed E-state index contributed by atoms with van der Waals surface area (Å²) in [4.78, 5) is 24.8. The van der Waals surface area contributed by atoms with Crippen molar-refractivity contribution in [3.63, 3.8) is 0 Å². The molecule has 1 N–H and O–H groups in total. The van der Waals surface area contributed by atoms with E-state index in [0.717, 1.165) is 31.5 Å². The molecule has 112 valence electrons. The molecular formula is C16H20NO4+. The van der Waals surface area contributed by atoms with Crippen molar-refractivity contribution in [1.82, 2.24) is 0 Å². The number of piperidine rings is 1. The number of nitrogens with one attached hydrogen (secondary N) is 1. The monoisotopic (exact) mass is 290 g/mol. The molecule has 21 heavy (non-hydrogen) atoms. The van der Waals surface area contributed by atoms with Crippen LogP contribution in [0.15, 0.2) is 24.3 Å². The number of hydrogen-bond donors (Lipinski definition) is 1. The topological polar surface area (TPSA) is 57.0 Å². The summed E-state index contributed by atoms with van der Waals surface area (Å²) in [6, 6.07) is 7.54. The van der Waals surface area contributed by atoms with E-state index in [1.54, 1.807) is 0 Å². The highest BCUT2D eigenvalue weighted by Gasteiger charge is 2.40. The summed E-state index contributed by atoms with van der Waals surface area (Å²) in [5, 5.41) is 0. The number of ether oxygens (including phenoxy) is 2. The first-order chi connectivity index (χ1) is 10.2. The molecule has 1 atom stereocenters. The zero-order valence-corrected chi connectivity index (χ0v) is 12.1. The normalized spacial score (nSPS) is 27.9. The molecule has 3 rings (SSSR count). The highest BCUT2D eigenvalue weighted by atomic mass is 16.6. The van der Waals surface area contributed by atoms with E-state index in [1.807, 2.05) is 31.2 Å². The maximum atomic E-state index is 11.9. The summed E-state index contributed by atoms with van der Waals surface area (Å²) in [5.41, 5.74) is 1.63. The van der Waals surface area contributed by atoms with Gasteiger partial charge in [0.25, 0.3) is 6.23 Å². The lowest BCUT2D eigenvalue weighted by Gasteiger charge is -2.31. The van der Waals surface area contributed by atoms with Crippen LogP contribution < -0.4 is 4.90 Å². The van der Waals surface area contributed by atoms with Gasteiger partial charge in [0.1, 0.15) is 0 Å². The third kappa shape index (κ3) is 2.65. The highest BCUT2D eigenvalue weighted by molar-refractivity contribution is 5.93. The Labute approximate surface area is 123 Å². The molecule has 0 radical (unpaired) electrons. The fourth-order valence-corrected chi connectivity index (χ4v) is 3.20. The second-order valence-corrected chi connectivity index (χ2v) is 5.56. The van der Waals surface area contributed by atoms with Gasteiger partial charge in [0.2, 0.25) is 0 Å². The van der Waals surface area contributed by atoms with Crippen LogP contribution in [0.5, 0.6) is 0 Å². The second kappa shape index (κ2) is 5.85. The Balaban J connectivity index is 1.66. The highest BCUT2D eigenvalue weighted by Crippen LogP contribution is 2.27. The van der Waals surface area contributed by atoms with E-state index in [-0.39, 0.29) is 24.1 Å². The molecule has 0 aliphatic carbocycles. The minimum absolute atomic E-state index is 0.0129. The van der Waals surface area contributed by atoms with Crippen molar-refractivity contribution >= 4 is 11.9 Å². The Morgan fingerprint density at radius 3 is 2.76 bits per heavy atom. The average Bonchev–Trinajstić information content (AvgIpc) is 2.85. The maximum Gasteiger partial charge on any atom is 0.343 e. The van der Waals surface area contributed by atoms with Crippen molar-refractivity contribution in [1.29, 1.82) is 0 Å². The van der Waals surface area contributed by atoms with Gasteiger partial charge in [-0.2, -0.15) is 0 Å². The molecule has 1 saturated heterocycles. The zero-order chi connectivity index (χ0) is 14.8. The van der Waals surface area contributed by atoms with Gasteiger partial charge in [0, 0.05) is 12.8 Å². The van der Waals surface area contributed by atoms with Gasteiger partial charge in [-0.1, -0.05) is 12.1 Å². The first-order valence-electron chi connectivity index (χ1n) is 7.51. The van der Waals surface area contributed by atoms with E-state index in [2.05, 4.69) is 0 Å². The molecule has 1 aromatic rings. The van der Waals surface area contributed by atoms with Gasteiger partial charge >= 0.3 is 11.9 Å². The van der Waals surface area contributed by atoms with Crippen molar-refractivity contribution < 1.29 is 24.0 Å². The largest absolute Gasteiger partial charge is 0.466 e. The molecule has 2 heterocycles. The van der Waals surface area contributed by atoms with E-state index in [1.165, 1.54) is 4.90 Å². The smallest absolute Gasteiger partial charge is 0.343 e. The minimum atomic E-state index is -0.240. The van der Waals surface area contributed by atoms with Crippen molar-refractivity contribution in [3.05, 3.63) is 35.4 Å². The molecule has 2 aliphatic heterocycles. The van der Waals surface area contributed by atoms with Crippen LogP contribution in [0.3, 0.4) is 0 Å². The maximum absolute atomic E-state index is 11.9. The summed E-state index contributed by atoms with van der Waals surface area (Å²) in [5.74, 6) is -0.350. The third-order valence-electron chi connectivity index (χ3n) is 4.31. The van der Waals surface area contributed by atoms with Crippen LogP contribution >= 0.6 is 0 Å². The predicted octanol–water partition coefficient (Wildman–Crippen LogP) is 0.714. The van der Waals surface area contributed by atoms with Crippen molar-refractivity contribution in [2.45, 2.75) is 26.0 Å². The van der Waals surface area contributed by atoms with E-state index in [4.69, 9.17) is 9.47 Å². The lowest BCUT2D eigenvalue weighted by atomic mass is 9.96. The molecule has 5 nitrogen and oxygen atoms in total. The molecule has 0 spiro atoms. The Morgan fingerprint density at radius 2 is 2.05 bits per heavy atom. The number of esters is 2. The van der Waals surface area contributed by atoms with Gasteiger partial charge in [-0.25, -0.2) is 4.79 Å². The second-order valence-electron chi connectivity index (χ2n) is 5.56. The summed E-state index contributed by atoms with van der Waals surface area (Å²) < 4.78 is 10.6. The van der Waals surface area contributed by atoms with Gasteiger partial charge in [-0.05, 0) is 19.1 Å².